The van der Waals surface area contributed by atoms with Crippen LogP contribution < -0.4 is 5.32 Å². The number of carbonyl (C=O) groups is 1. The third-order valence-electron chi connectivity index (χ3n) is 5.35. The van der Waals surface area contributed by atoms with Crippen LogP contribution in [0.1, 0.15) is 37.9 Å². The van der Waals surface area contributed by atoms with E-state index in [1.807, 2.05) is 27.0 Å². The number of allylic oxidation sites excluding steroid dienone is 1. The predicted molar refractivity (Wildman–Crippen MR) is 128 cm³/mol. The zero-order valence-electron chi connectivity index (χ0n) is 20.1. The summed E-state index contributed by atoms with van der Waals surface area (Å²) in [5.41, 5.74) is 3.79. The Hall–Kier alpha value is -4.41. The Morgan fingerprint density at radius 1 is 1.11 bits per heavy atom. The monoisotopic (exact) mass is 493 g/mol. The van der Waals surface area contributed by atoms with Crippen LogP contribution >= 0.6 is 0 Å². The number of nitrogens with zero attached hydrogens (tertiary/aromatic N) is 6. The van der Waals surface area contributed by atoms with E-state index in [2.05, 4.69) is 25.6 Å². The third-order valence-corrected chi connectivity index (χ3v) is 5.35. The molecule has 0 fully saturated rings. The van der Waals surface area contributed by atoms with Crippen molar-refractivity contribution >= 4 is 11.4 Å². The first-order valence-electron chi connectivity index (χ1n) is 11.2. The van der Waals surface area contributed by atoms with Gasteiger partial charge in [0.1, 0.15) is 11.3 Å². The third kappa shape index (κ3) is 5.62. The van der Waals surface area contributed by atoms with Crippen LogP contribution in [0.2, 0.25) is 0 Å². The number of amides is 1. The summed E-state index contributed by atoms with van der Waals surface area (Å²) in [6.45, 7) is 7.00. The van der Waals surface area contributed by atoms with E-state index < -0.39 is 5.82 Å². The molecule has 0 saturated carbocycles. The van der Waals surface area contributed by atoms with Crippen LogP contribution in [0.5, 0.6) is 0 Å². The van der Waals surface area contributed by atoms with E-state index in [0.29, 0.717) is 25.0 Å². The molecule has 5 heterocycles. The highest BCUT2D eigenvalue weighted by atomic mass is 19.1. The maximum atomic E-state index is 13.8. The van der Waals surface area contributed by atoms with Crippen molar-refractivity contribution in [2.45, 2.75) is 27.2 Å². The molecule has 36 heavy (non-hydrogen) atoms. The van der Waals surface area contributed by atoms with Crippen molar-refractivity contribution in [3.63, 3.8) is 0 Å². The highest BCUT2D eigenvalue weighted by molar-refractivity contribution is 5.90. The molecule has 4 aromatic rings. The molecule has 1 aliphatic rings. The molecule has 1 N–H and O–H groups in total. The lowest BCUT2D eigenvalue weighted by molar-refractivity contribution is 0.0723. The summed E-state index contributed by atoms with van der Waals surface area (Å²) >= 11 is 0. The second kappa shape index (κ2) is 10.9. The Bertz CT molecular complexity index is 1440. The number of hydrogen-bond acceptors (Lipinski definition) is 7. The maximum absolute atomic E-state index is 13.8. The fourth-order valence-electron chi connectivity index (χ4n) is 3.52. The zero-order chi connectivity index (χ0) is 25.7. The number of nitrogens with one attached hydrogen (secondary N) is 1. The van der Waals surface area contributed by atoms with Gasteiger partial charge in [-0.15, -0.1) is 10.2 Å². The van der Waals surface area contributed by atoms with E-state index in [1.54, 1.807) is 29.4 Å². The van der Waals surface area contributed by atoms with Gasteiger partial charge < -0.3 is 14.6 Å². The minimum atomic E-state index is -0.582. The van der Waals surface area contributed by atoms with Crippen molar-refractivity contribution in [1.29, 1.82) is 0 Å². The molecule has 5 rings (SSSR count). The molecule has 4 aromatic heterocycles. The van der Waals surface area contributed by atoms with Crippen LogP contribution in [0.25, 0.3) is 17.1 Å². The molecule has 1 amide bonds. The van der Waals surface area contributed by atoms with Crippen molar-refractivity contribution in [2.75, 3.05) is 13.1 Å². The predicted octanol–water partition coefficient (Wildman–Crippen LogP) is 4.38. The van der Waals surface area contributed by atoms with Gasteiger partial charge >= 0.3 is 11.8 Å². The molecular formula is C25H25F2N7O2. The van der Waals surface area contributed by atoms with E-state index in [-0.39, 0.29) is 29.2 Å². The van der Waals surface area contributed by atoms with Gasteiger partial charge in [-0.05, 0) is 62.9 Å². The minimum absolute atomic E-state index is 0.0676. The van der Waals surface area contributed by atoms with Crippen LogP contribution in [0.3, 0.4) is 0 Å². The summed E-state index contributed by atoms with van der Waals surface area (Å²) in [5.74, 6) is -1.47. The Balaban J connectivity index is 0.000000251. The molecule has 186 valence electrons. The normalized spacial score (nSPS) is 13.3. The first-order valence-corrected chi connectivity index (χ1v) is 11.2. The first-order chi connectivity index (χ1) is 17.3. The second-order valence-electron chi connectivity index (χ2n) is 8.36. The summed E-state index contributed by atoms with van der Waals surface area (Å²) in [6, 6.07) is 7.38. The topological polar surface area (TPSA) is 101 Å². The molecule has 11 heteroatoms. The molecule has 0 spiro atoms. The lowest BCUT2D eigenvalue weighted by atomic mass is 10.1. The molecule has 0 radical (unpaired) electrons. The Morgan fingerprint density at radius 3 is 2.64 bits per heavy atom. The summed E-state index contributed by atoms with van der Waals surface area (Å²) in [5, 5.41) is 14.6. The van der Waals surface area contributed by atoms with Crippen LogP contribution in [-0.2, 0) is 0 Å². The van der Waals surface area contributed by atoms with E-state index in [1.165, 1.54) is 34.5 Å². The van der Waals surface area contributed by atoms with E-state index in [0.717, 1.165) is 11.3 Å². The molecule has 0 aliphatic carbocycles. The molecule has 0 bridgehead atoms. The highest BCUT2D eigenvalue weighted by Gasteiger charge is 2.26. The van der Waals surface area contributed by atoms with Crippen LogP contribution in [0, 0.1) is 11.6 Å². The maximum Gasteiger partial charge on any atom is 0.311 e. The number of halogens is 2. The van der Waals surface area contributed by atoms with Gasteiger partial charge in [0.2, 0.25) is 0 Å². The number of hydrogen-bond donors (Lipinski definition) is 1. The van der Waals surface area contributed by atoms with Crippen LogP contribution in [-0.4, -0.2) is 48.7 Å². The van der Waals surface area contributed by atoms with Crippen molar-refractivity contribution < 1.29 is 18.0 Å². The SMILES string of the molecule is CC(C)=CNC1=C(C)CN(C(=O)c2nnc(-c3ncccc3F)o2)CC1.Fc1cccn2nccc12. The lowest BCUT2D eigenvalue weighted by Gasteiger charge is -2.28. The van der Waals surface area contributed by atoms with Gasteiger partial charge in [0.05, 0.1) is 6.20 Å². The average molecular weight is 494 g/mol. The number of carbonyl (C=O) groups excluding carboxylic acids is 1. The Labute approximate surface area is 206 Å². The molecule has 1 aliphatic heterocycles. The largest absolute Gasteiger partial charge is 0.411 e. The van der Waals surface area contributed by atoms with Crippen molar-refractivity contribution in [3.05, 3.63) is 89.5 Å². The van der Waals surface area contributed by atoms with Gasteiger partial charge in [-0.25, -0.2) is 18.3 Å². The minimum Gasteiger partial charge on any atom is -0.411 e. The Kier molecular flexibility index (Phi) is 7.47. The zero-order valence-corrected chi connectivity index (χ0v) is 20.1. The summed E-state index contributed by atoms with van der Waals surface area (Å²) in [4.78, 5) is 18.1. The van der Waals surface area contributed by atoms with Crippen molar-refractivity contribution in [2.24, 2.45) is 0 Å². The van der Waals surface area contributed by atoms with Gasteiger partial charge in [0.25, 0.3) is 5.89 Å². The van der Waals surface area contributed by atoms with Gasteiger partial charge in [-0.2, -0.15) is 5.10 Å². The van der Waals surface area contributed by atoms with E-state index in [4.69, 9.17) is 4.42 Å². The van der Waals surface area contributed by atoms with Gasteiger partial charge in [0.15, 0.2) is 11.5 Å². The molecule has 0 saturated heterocycles. The number of pyridine rings is 2. The smallest absolute Gasteiger partial charge is 0.311 e. The molecule has 0 atom stereocenters. The quantitative estimate of drug-likeness (QED) is 0.450. The van der Waals surface area contributed by atoms with Gasteiger partial charge in [0, 0.05) is 37.6 Å². The van der Waals surface area contributed by atoms with E-state index in [9.17, 15) is 13.6 Å². The fourth-order valence-corrected chi connectivity index (χ4v) is 3.52. The van der Waals surface area contributed by atoms with Crippen LogP contribution in [0.4, 0.5) is 8.78 Å². The van der Waals surface area contributed by atoms with E-state index >= 15 is 0 Å². The molecule has 0 unspecified atom stereocenters. The summed E-state index contributed by atoms with van der Waals surface area (Å²) in [7, 11) is 0. The van der Waals surface area contributed by atoms with Crippen molar-refractivity contribution in [1.82, 2.24) is 35.0 Å². The molecular weight excluding hydrogens is 468 g/mol. The Morgan fingerprint density at radius 2 is 1.92 bits per heavy atom. The molecule has 0 aromatic carbocycles. The number of aromatic nitrogens is 5. The average Bonchev–Trinajstić information content (AvgIpc) is 3.54. The standard InChI is InChI=1S/C18H20FN5O2.C7H5FN2/c1-11(2)9-21-14-6-8-24(10-12(14)3)18(25)17-23-22-16(26-17)15-13(19)5-4-7-20-15;8-6-2-1-5-10-7(6)3-4-9-10/h4-5,7,9,21H,6,8,10H2,1-3H3;1-5H. The summed E-state index contributed by atoms with van der Waals surface area (Å²) in [6.07, 6.45) is 7.35. The lowest BCUT2D eigenvalue weighted by Crippen LogP contribution is -2.38. The van der Waals surface area contributed by atoms with Gasteiger partial charge in [-0.1, -0.05) is 5.57 Å². The fraction of sp³-hybridized carbons (Fsp3) is 0.240. The second-order valence-corrected chi connectivity index (χ2v) is 8.36. The van der Waals surface area contributed by atoms with Crippen molar-refractivity contribution in [3.8, 4) is 11.6 Å². The van der Waals surface area contributed by atoms with Crippen LogP contribution in [0.15, 0.2) is 76.4 Å². The highest BCUT2D eigenvalue weighted by Crippen LogP contribution is 2.21. The first kappa shape index (κ1) is 24.7. The van der Waals surface area contributed by atoms with Gasteiger partial charge in [-0.3, -0.25) is 4.79 Å². The summed E-state index contributed by atoms with van der Waals surface area (Å²) < 4.78 is 33.4. The molecule has 9 nitrogen and oxygen atoms in total. The number of fused-ring (bicyclic) bond motifs is 1. The number of rotatable bonds is 4.